The lowest BCUT2D eigenvalue weighted by Gasteiger charge is -2.26. The highest BCUT2D eigenvalue weighted by atomic mass is 16.5. The molecule has 7 nitrogen and oxygen atoms in total. The van der Waals surface area contributed by atoms with Gasteiger partial charge in [0.15, 0.2) is 23.9 Å². The summed E-state index contributed by atoms with van der Waals surface area (Å²) in [6.07, 6.45) is 0.891. The fourth-order valence-corrected chi connectivity index (χ4v) is 2.56. The molecule has 0 spiro atoms. The molecule has 1 amide bonds. The van der Waals surface area contributed by atoms with Crippen LogP contribution in [0.25, 0.3) is 0 Å². The van der Waals surface area contributed by atoms with E-state index >= 15 is 0 Å². The summed E-state index contributed by atoms with van der Waals surface area (Å²) in [4.78, 5) is 25.6. The van der Waals surface area contributed by atoms with Crippen molar-refractivity contribution in [3.8, 4) is 11.5 Å². The second kappa shape index (κ2) is 10.0. The van der Waals surface area contributed by atoms with Gasteiger partial charge in [0.1, 0.15) is 0 Å². The number of hydrogen-bond donors (Lipinski definition) is 1. The van der Waals surface area contributed by atoms with E-state index in [2.05, 4.69) is 10.2 Å². The van der Waals surface area contributed by atoms with Gasteiger partial charge in [-0.1, -0.05) is 0 Å². The van der Waals surface area contributed by atoms with Crippen molar-refractivity contribution in [1.82, 2.24) is 10.2 Å². The highest BCUT2D eigenvalue weighted by Crippen LogP contribution is 2.28. The zero-order valence-electron chi connectivity index (χ0n) is 14.9. The molecule has 0 bridgehead atoms. The first kappa shape index (κ1) is 19.2. The molecule has 0 saturated carbocycles. The molecule has 1 N–H and O–H groups in total. The number of Topliss-reactive ketones (excluding diaryl/α,β-unsaturated/α-hetero) is 1. The zero-order chi connectivity index (χ0) is 18.1. The van der Waals surface area contributed by atoms with Crippen LogP contribution in [0.2, 0.25) is 0 Å². The number of hydrogen-bond acceptors (Lipinski definition) is 6. The molecular formula is C18H26N2O5. The van der Waals surface area contributed by atoms with Crippen LogP contribution in [0.15, 0.2) is 18.2 Å². The quantitative estimate of drug-likeness (QED) is 0.531. The van der Waals surface area contributed by atoms with Gasteiger partial charge in [0.2, 0.25) is 0 Å². The van der Waals surface area contributed by atoms with Crippen LogP contribution >= 0.6 is 0 Å². The summed E-state index contributed by atoms with van der Waals surface area (Å²) in [5.74, 6) is 0.645. The molecule has 25 heavy (non-hydrogen) atoms. The largest absolute Gasteiger partial charge is 0.493 e. The summed E-state index contributed by atoms with van der Waals surface area (Å²) in [6.45, 7) is 6.42. The molecule has 7 heteroatoms. The number of methoxy groups -OCH3 is 1. The zero-order valence-corrected chi connectivity index (χ0v) is 14.9. The molecule has 1 saturated heterocycles. The normalized spacial score (nSPS) is 14.8. The monoisotopic (exact) mass is 350 g/mol. The first-order valence-corrected chi connectivity index (χ1v) is 8.48. The summed E-state index contributed by atoms with van der Waals surface area (Å²) < 4.78 is 16.0. The predicted molar refractivity (Wildman–Crippen MR) is 93.4 cm³/mol. The molecule has 1 aromatic rings. The van der Waals surface area contributed by atoms with E-state index in [1.54, 1.807) is 18.2 Å². The Morgan fingerprint density at radius 3 is 2.68 bits per heavy atom. The van der Waals surface area contributed by atoms with Crippen LogP contribution in [0, 0.1) is 0 Å². The van der Waals surface area contributed by atoms with E-state index in [0.717, 1.165) is 39.3 Å². The molecule has 0 atom stereocenters. The second-order valence-corrected chi connectivity index (χ2v) is 5.87. The summed E-state index contributed by atoms with van der Waals surface area (Å²) in [7, 11) is 1.50. The Morgan fingerprint density at radius 2 is 2.00 bits per heavy atom. The summed E-state index contributed by atoms with van der Waals surface area (Å²) in [6, 6.07) is 4.90. The molecule has 1 heterocycles. The number of carbonyl (C=O) groups is 2. The van der Waals surface area contributed by atoms with Crippen molar-refractivity contribution in [1.29, 1.82) is 0 Å². The standard InChI is InChI=1S/C18H26N2O5/c1-14(21)15-4-5-16(17(12-15)23-2)25-13-18(22)19-6-3-7-20-8-10-24-11-9-20/h4-5,12H,3,6-11,13H2,1-2H3,(H,19,22). The molecule has 0 unspecified atom stereocenters. The third-order valence-corrected chi connectivity index (χ3v) is 4.01. The number of nitrogens with one attached hydrogen (secondary N) is 1. The minimum atomic E-state index is -0.181. The molecule has 1 fully saturated rings. The smallest absolute Gasteiger partial charge is 0.257 e. The van der Waals surface area contributed by atoms with Crippen LogP contribution in [-0.2, 0) is 9.53 Å². The molecule has 0 aliphatic carbocycles. The number of carbonyl (C=O) groups excluding carboxylic acids is 2. The highest BCUT2D eigenvalue weighted by Gasteiger charge is 2.11. The van der Waals surface area contributed by atoms with Crippen LogP contribution in [0.3, 0.4) is 0 Å². The summed E-state index contributed by atoms with van der Waals surface area (Å²) in [5, 5.41) is 2.84. The average Bonchev–Trinajstić information content (AvgIpc) is 2.64. The summed E-state index contributed by atoms with van der Waals surface area (Å²) in [5.41, 5.74) is 0.539. The van der Waals surface area contributed by atoms with Gasteiger partial charge in [-0.05, 0) is 38.1 Å². The lowest BCUT2D eigenvalue weighted by atomic mass is 10.1. The van der Waals surface area contributed by atoms with Crippen molar-refractivity contribution in [2.75, 3.05) is 53.1 Å². The fraction of sp³-hybridized carbons (Fsp3) is 0.556. The number of amides is 1. The minimum Gasteiger partial charge on any atom is -0.493 e. The van der Waals surface area contributed by atoms with Crippen LogP contribution in [0.5, 0.6) is 11.5 Å². The molecule has 138 valence electrons. The molecule has 0 aromatic heterocycles. The number of nitrogens with zero attached hydrogens (tertiary/aromatic N) is 1. The van der Waals surface area contributed by atoms with Gasteiger partial charge in [-0.2, -0.15) is 0 Å². The van der Waals surface area contributed by atoms with Crippen LogP contribution in [0.1, 0.15) is 23.7 Å². The Bertz CT molecular complexity index is 585. The Hall–Kier alpha value is -2.12. The van der Waals surface area contributed by atoms with Crippen molar-refractivity contribution in [2.24, 2.45) is 0 Å². The number of morpholine rings is 1. The predicted octanol–water partition coefficient (Wildman–Crippen LogP) is 1.12. The van der Waals surface area contributed by atoms with E-state index in [1.165, 1.54) is 14.0 Å². The van der Waals surface area contributed by atoms with Crippen molar-refractivity contribution in [3.63, 3.8) is 0 Å². The van der Waals surface area contributed by atoms with Gasteiger partial charge in [-0.15, -0.1) is 0 Å². The van der Waals surface area contributed by atoms with Gasteiger partial charge in [-0.25, -0.2) is 0 Å². The molecule has 0 radical (unpaired) electrons. The van der Waals surface area contributed by atoms with E-state index in [-0.39, 0.29) is 18.3 Å². The highest BCUT2D eigenvalue weighted by molar-refractivity contribution is 5.94. The van der Waals surface area contributed by atoms with Crippen molar-refractivity contribution in [3.05, 3.63) is 23.8 Å². The second-order valence-electron chi connectivity index (χ2n) is 5.87. The van der Waals surface area contributed by atoms with Crippen molar-refractivity contribution >= 4 is 11.7 Å². The third kappa shape index (κ3) is 6.36. The van der Waals surface area contributed by atoms with E-state index < -0.39 is 0 Å². The van der Waals surface area contributed by atoms with Gasteiger partial charge in [0.25, 0.3) is 5.91 Å². The Labute approximate surface area is 148 Å². The maximum absolute atomic E-state index is 11.9. The molecule has 1 aromatic carbocycles. The number of ketones is 1. The van der Waals surface area contributed by atoms with Gasteiger partial charge >= 0.3 is 0 Å². The minimum absolute atomic E-state index is 0.0529. The first-order valence-electron chi connectivity index (χ1n) is 8.48. The number of rotatable bonds is 9. The lowest BCUT2D eigenvalue weighted by molar-refractivity contribution is -0.123. The van der Waals surface area contributed by atoms with Gasteiger partial charge in [0, 0.05) is 25.2 Å². The van der Waals surface area contributed by atoms with E-state index in [9.17, 15) is 9.59 Å². The van der Waals surface area contributed by atoms with Crippen molar-refractivity contribution in [2.45, 2.75) is 13.3 Å². The van der Waals surface area contributed by atoms with Crippen LogP contribution in [0.4, 0.5) is 0 Å². The number of ether oxygens (including phenoxy) is 3. The number of benzene rings is 1. The molecule has 1 aliphatic rings. The third-order valence-electron chi connectivity index (χ3n) is 4.01. The first-order chi connectivity index (χ1) is 12.1. The Morgan fingerprint density at radius 1 is 1.24 bits per heavy atom. The SMILES string of the molecule is COc1cc(C(C)=O)ccc1OCC(=O)NCCCN1CCOCC1. The topological polar surface area (TPSA) is 77.1 Å². The van der Waals surface area contributed by atoms with E-state index in [1.807, 2.05) is 0 Å². The lowest BCUT2D eigenvalue weighted by Crippen LogP contribution is -2.38. The van der Waals surface area contributed by atoms with Crippen LogP contribution in [-0.4, -0.2) is 69.7 Å². The average molecular weight is 350 g/mol. The van der Waals surface area contributed by atoms with Crippen LogP contribution < -0.4 is 14.8 Å². The molecule has 1 aliphatic heterocycles. The summed E-state index contributed by atoms with van der Waals surface area (Å²) >= 11 is 0. The van der Waals surface area contributed by atoms with Gasteiger partial charge in [0.05, 0.1) is 20.3 Å². The Kier molecular flexibility index (Phi) is 7.69. The maximum Gasteiger partial charge on any atom is 0.257 e. The van der Waals surface area contributed by atoms with Gasteiger partial charge < -0.3 is 19.5 Å². The fourth-order valence-electron chi connectivity index (χ4n) is 2.56. The van der Waals surface area contributed by atoms with Gasteiger partial charge in [-0.3, -0.25) is 14.5 Å². The molecule has 2 rings (SSSR count). The molecular weight excluding hydrogens is 324 g/mol. The maximum atomic E-state index is 11.9. The Balaban J connectivity index is 1.69. The van der Waals surface area contributed by atoms with Crippen molar-refractivity contribution < 1.29 is 23.8 Å². The van der Waals surface area contributed by atoms with E-state index in [0.29, 0.717) is 23.6 Å². The van der Waals surface area contributed by atoms with E-state index in [4.69, 9.17) is 14.2 Å².